The highest BCUT2D eigenvalue weighted by Crippen LogP contribution is 2.31. The average Bonchev–Trinajstić information content (AvgIpc) is 2.99. The number of hydrogen-bond acceptors (Lipinski definition) is 1. The van der Waals surface area contributed by atoms with Gasteiger partial charge in [-0.25, -0.2) is 4.39 Å². The molecule has 1 aromatic carbocycles. The van der Waals surface area contributed by atoms with Crippen LogP contribution in [0.5, 0.6) is 0 Å². The van der Waals surface area contributed by atoms with Crippen molar-refractivity contribution in [3.05, 3.63) is 59.7 Å². The van der Waals surface area contributed by atoms with Gasteiger partial charge in [0.2, 0.25) is 0 Å². The number of aryl methyl sites for hydroxylation is 1. The minimum atomic E-state index is -0.183. The van der Waals surface area contributed by atoms with E-state index in [9.17, 15) is 4.39 Å². The van der Waals surface area contributed by atoms with Crippen LogP contribution in [0.15, 0.2) is 42.6 Å². The maximum Gasteiger partial charge on any atom is 0.123 e. The summed E-state index contributed by atoms with van der Waals surface area (Å²) in [4.78, 5) is 2.51. The zero-order chi connectivity index (χ0) is 15.4. The fourth-order valence-corrected chi connectivity index (χ4v) is 3.54. The summed E-state index contributed by atoms with van der Waals surface area (Å²) in [6.07, 6.45) is 5.84. The molecular weight excluding hydrogens is 299 g/mol. The number of piperidine rings is 1. The number of alkyl halides is 1. The Kier molecular flexibility index (Phi) is 5.16. The Bertz CT molecular complexity index is 587. The van der Waals surface area contributed by atoms with Crippen LogP contribution in [0, 0.1) is 5.82 Å². The van der Waals surface area contributed by atoms with Crippen molar-refractivity contribution in [3.8, 4) is 0 Å². The first-order valence-electron chi connectivity index (χ1n) is 8.00. The van der Waals surface area contributed by atoms with Crippen molar-refractivity contribution in [1.29, 1.82) is 0 Å². The SMILES string of the molecule is Fc1ccc(C(c2cccn2CCCl)N2CCCCC2)cc1. The quantitative estimate of drug-likeness (QED) is 0.739. The molecule has 2 aromatic rings. The Hall–Kier alpha value is -1.32. The second-order valence-electron chi connectivity index (χ2n) is 5.87. The first-order chi connectivity index (χ1) is 10.8. The summed E-state index contributed by atoms with van der Waals surface area (Å²) in [5.74, 6) is 0.412. The highest BCUT2D eigenvalue weighted by Gasteiger charge is 2.26. The van der Waals surface area contributed by atoms with Gasteiger partial charge in [-0.1, -0.05) is 18.6 Å². The minimum absolute atomic E-state index is 0.180. The maximum absolute atomic E-state index is 13.3. The van der Waals surface area contributed by atoms with Crippen LogP contribution in [-0.2, 0) is 6.54 Å². The molecule has 1 aliphatic rings. The standard InChI is InChI=1S/C18H22ClFN2/c19-10-14-21-13-4-5-17(21)18(22-11-2-1-3-12-22)15-6-8-16(20)9-7-15/h4-9,13,18H,1-3,10-12,14H2. The van der Waals surface area contributed by atoms with Crippen LogP contribution in [0.1, 0.15) is 36.6 Å². The molecule has 1 aliphatic heterocycles. The fourth-order valence-electron chi connectivity index (χ4n) is 3.36. The molecule has 0 amide bonds. The molecule has 1 aromatic heterocycles. The van der Waals surface area contributed by atoms with E-state index in [0.717, 1.165) is 25.2 Å². The van der Waals surface area contributed by atoms with Gasteiger partial charge in [0.1, 0.15) is 5.82 Å². The predicted octanol–water partition coefficient (Wildman–Crippen LogP) is 4.44. The molecule has 1 fully saturated rings. The van der Waals surface area contributed by atoms with Crippen molar-refractivity contribution in [3.63, 3.8) is 0 Å². The number of rotatable bonds is 5. The predicted molar refractivity (Wildman–Crippen MR) is 88.8 cm³/mol. The number of hydrogen-bond donors (Lipinski definition) is 0. The maximum atomic E-state index is 13.3. The fraction of sp³-hybridized carbons (Fsp3) is 0.444. The molecule has 118 valence electrons. The van der Waals surface area contributed by atoms with Gasteiger partial charge in [-0.15, -0.1) is 11.6 Å². The van der Waals surface area contributed by atoms with E-state index in [1.807, 2.05) is 12.1 Å². The van der Waals surface area contributed by atoms with E-state index >= 15 is 0 Å². The molecule has 1 unspecified atom stereocenters. The Morgan fingerprint density at radius 1 is 1.05 bits per heavy atom. The summed E-state index contributed by atoms with van der Waals surface area (Å²) < 4.78 is 15.5. The highest BCUT2D eigenvalue weighted by molar-refractivity contribution is 6.17. The second kappa shape index (κ2) is 7.30. The number of likely N-dealkylation sites (tertiary alicyclic amines) is 1. The number of benzene rings is 1. The van der Waals surface area contributed by atoms with Crippen LogP contribution >= 0.6 is 11.6 Å². The van der Waals surface area contributed by atoms with E-state index in [1.54, 1.807) is 12.1 Å². The van der Waals surface area contributed by atoms with Crippen LogP contribution in [0.3, 0.4) is 0 Å². The summed E-state index contributed by atoms with van der Waals surface area (Å²) >= 11 is 5.94. The van der Waals surface area contributed by atoms with Gasteiger partial charge in [0, 0.05) is 24.3 Å². The van der Waals surface area contributed by atoms with Gasteiger partial charge in [0.05, 0.1) is 6.04 Å². The second-order valence-corrected chi connectivity index (χ2v) is 6.24. The van der Waals surface area contributed by atoms with Gasteiger partial charge in [-0.3, -0.25) is 4.90 Å². The van der Waals surface area contributed by atoms with Gasteiger partial charge in [-0.2, -0.15) is 0 Å². The van der Waals surface area contributed by atoms with E-state index in [1.165, 1.54) is 25.0 Å². The highest BCUT2D eigenvalue weighted by atomic mass is 35.5. The Morgan fingerprint density at radius 3 is 2.45 bits per heavy atom. The van der Waals surface area contributed by atoms with E-state index in [4.69, 9.17) is 11.6 Å². The lowest BCUT2D eigenvalue weighted by Crippen LogP contribution is -2.35. The molecule has 0 radical (unpaired) electrons. The van der Waals surface area contributed by atoms with E-state index in [-0.39, 0.29) is 11.9 Å². The molecule has 0 saturated carbocycles. The van der Waals surface area contributed by atoms with E-state index in [0.29, 0.717) is 5.88 Å². The monoisotopic (exact) mass is 320 g/mol. The summed E-state index contributed by atoms with van der Waals surface area (Å²) in [6.45, 7) is 2.98. The van der Waals surface area contributed by atoms with Crippen molar-refractivity contribution in [2.24, 2.45) is 0 Å². The number of nitrogens with zero attached hydrogens (tertiary/aromatic N) is 2. The third-order valence-electron chi connectivity index (χ3n) is 4.41. The summed E-state index contributed by atoms with van der Waals surface area (Å²) in [7, 11) is 0. The topological polar surface area (TPSA) is 8.17 Å². The Balaban J connectivity index is 1.97. The van der Waals surface area contributed by atoms with Crippen molar-refractivity contribution < 1.29 is 4.39 Å². The lowest BCUT2D eigenvalue weighted by atomic mass is 9.98. The number of halogens is 2. The molecule has 0 aliphatic carbocycles. The van der Waals surface area contributed by atoms with Crippen molar-refractivity contribution >= 4 is 11.6 Å². The molecule has 2 heterocycles. The zero-order valence-electron chi connectivity index (χ0n) is 12.7. The lowest BCUT2D eigenvalue weighted by molar-refractivity contribution is 0.182. The van der Waals surface area contributed by atoms with Crippen LogP contribution in [0.2, 0.25) is 0 Å². The lowest BCUT2D eigenvalue weighted by Gasteiger charge is -2.35. The molecule has 1 saturated heterocycles. The van der Waals surface area contributed by atoms with Crippen LogP contribution in [-0.4, -0.2) is 28.4 Å². The number of aromatic nitrogens is 1. The molecule has 4 heteroatoms. The first kappa shape index (κ1) is 15.6. The molecule has 2 nitrogen and oxygen atoms in total. The molecule has 3 rings (SSSR count). The first-order valence-corrected chi connectivity index (χ1v) is 8.53. The normalized spacial score (nSPS) is 17.5. The Labute approximate surface area is 136 Å². The van der Waals surface area contributed by atoms with Gasteiger partial charge in [-0.05, 0) is 55.8 Å². The minimum Gasteiger partial charge on any atom is -0.349 e. The summed E-state index contributed by atoms with van der Waals surface area (Å²) in [5.41, 5.74) is 2.40. The third kappa shape index (κ3) is 3.36. The smallest absolute Gasteiger partial charge is 0.123 e. The summed E-state index contributed by atoms with van der Waals surface area (Å²) in [5, 5.41) is 0. The van der Waals surface area contributed by atoms with Crippen LogP contribution in [0.4, 0.5) is 4.39 Å². The van der Waals surface area contributed by atoms with E-state index < -0.39 is 0 Å². The van der Waals surface area contributed by atoms with Crippen molar-refractivity contribution in [2.45, 2.75) is 31.8 Å². The third-order valence-corrected chi connectivity index (χ3v) is 4.58. The van der Waals surface area contributed by atoms with Crippen LogP contribution in [0.25, 0.3) is 0 Å². The molecule has 0 bridgehead atoms. The largest absolute Gasteiger partial charge is 0.349 e. The molecule has 0 spiro atoms. The molecule has 1 atom stereocenters. The van der Waals surface area contributed by atoms with Gasteiger partial charge in [0.15, 0.2) is 0 Å². The zero-order valence-corrected chi connectivity index (χ0v) is 13.5. The van der Waals surface area contributed by atoms with Crippen molar-refractivity contribution in [2.75, 3.05) is 19.0 Å². The van der Waals surface area contributed by atoms with E-state index in [2.05, 4.69) is 27.8 Å². The van der Waals surface area contributed by atoms with Gasteiger partial charge < -0.3 is 4.57 Å². The molecule has 0 N–H and O–H groups in total. The van der Waals surface area contributed by atoms with Crippen LogP contribution < -0.4 is 0 Å². The Morgan fingerprint density at radius 2 is 1.77 bits per heavy atom. The van der Waals surface area contributed by atoms with Gasteiger partial charge in [0.25, 0.3) is 0 Å². The van der Waals surface area contributed by atoms with Crippen molar-refractivity contribution in [1.82, 2.24) is 9.47 Å². The molecule has 22 heavy (non-hydrogen) atoms. The molecular formula is C18H22ClFN2. The average molecular weight is 321 g/mol. The summed E-state index contributed by atoms with van der Waals surface area (Å²) in [6, 6.07) is 11.3. The van der Waals surface area contributed by atoms with Gasteiger partial charge >= 0.3 is 0 Å².